The lowest BCUT2D eigenvalue weighted by Crippen LogP contribution is -2.26. The van der Waals surface area contributed by atoms with Crippen molar-refractivity contribution in [2.75, 3.05) is 12.8 Å². The normalized spacial score (nSPS) is 12.2. The molecule has 0 aliphatic carbocycles. The lowest BCUT2D eigenvalue weighted by Gasteiger charge is -2.06. The molecule has 2 rings (SSSR count). The molecule has 0 aliphatic heterocycles. The van der Waals surface area contributed by atoms with Crippen LogP contribution in [-0.4, -0.2) is 30.8 Å². The standard InChI is InChI=1S/C11H14FN3O2S2/c1-7-5-10-9(6-8(7)12)14-11(18)15(10)4-3-13-19(2,16)17/h5-6,13H,3-4H2,1-2H3,(H,14,18). The van der Waals surface area contributed by atoms with Crippen molar-refractivity contribution in [3.8, 4) is 0 Å². The smallest absolute Gasteiger partial charge is 0.208 e. The van der Waals surface area contributed by atoms with Gasteiger partial charge in [0.1, 0.15) is 5.82 Å². The zero-order valence-electron chi connectivity index (χ0n) is 10.5. The topological polar surface area (TPSA) is 66.9 Å². The third-order valence-electron chi connectivity index (χ3n) is 2.75. The van der Waals surface area contributed by atoms with Crippen molar-refractivity contribution in [3.05, 3.63) is 28.3 Å². The predicted molar refractivity (Wildman–Crippen MR) is 74.7 cm³/mol. The Morgan fingerprint density at radius 3 is 2.79 bits per heavy atom. The van der Waals surface area contributed by atoms with E-state index in [2.05, 4.69) is 9.71 Å². The molecule has 0 atom stereocenters. The van der Waals surface area contributed by atoms with Gasteiger partial charge in [-0.25, -0.2) is 17.5 Å². The second-order valence-corrected chi connectivity index (χ2v) is 6.59. The molecule has 0 aliphatic rings. The van der Waals surface area contributed by atoms with E-state index in [1.165, 1.54) is 6.07 Å². The molecule has 0 amide bonds. The van der Waals surface area contributed by atoms with Gasteiger partial charge in [0.25, 0.3) is 0 Å². The van der Waals surface area contributed by atoms with E-state index in [9.17, 15) is 12.8 Å². The molecule has 104 valence electrons. The molecule has 0 spiro atoms. The number of aromatic amines is 1. The van der Waals surface area contributed by atoms with Crippen molar-refractivity contribution in [2.45, 2.75) is 13.5 Å². The van der Waals surface area contributed by atoms with E-state index in [1.54, 1.807) is 17.6 Å². The van der Waals surface area contributed by atoms with Gasteiger partial charge in [-0.3, -0.25) is 0 Å². The minimum Gasteiger partial charge on any atom is -0.330 e. The summed E-state index contributed by atoms with van der Waals surface area (Å²) in [7, 11) is -3.23. The molecule has 19 heavy (non-hydrogen) atoms. The average Bonchev–Trinajstić information content (AvgIpc) is 2.55. The minimum atomic E-state index is -3.23. The first-order chi connectivity index (χ1) is 8.78. The zero-order valence-corrected chi connectivity index (χ0v) is 12.2. The fourth-order valence-electron chi connectivity index (χ4n) is 1.85. The van der Waals surface area contributed by atoms with Crippen LogP contribution in [0.15, 0.2) is 12.1 Å². The number of sulfonamides is 1. The minimum absolute atomic E-state index is 0.233. The number of benzene rings is 1. The number of hydrogen-bond acceptors (Lipinski definition) is 3. The Kier molecular flexibility index (Phi) is 3.75. The molecule has 5 nitrogen and oxygen atoms in total. The number of nitrogens with one attached hydrogen (secondary N) is 2. The van der Waals surface area contributed by atoms with E-state index in [0.29, 0.717) is 22.4 Å². The van der Waals surface area contributed by atoms with E-state index in [-0.39, 0.29) is 12.4 Å². The van der Waals surface area contributed by atoms with E-state index in [1.807, 2.05) is 0 Å². The molecule has 8 heteroatoms. The molecule has 0 unspecified atom stereocenters. The number of imidazole rings is 1. The van der Waals surface area contributed by atoms with Crippen LogP contribution < -0.4 is 4.72 Å². The van der Waals surface area contributed by atoms with Crippen molar-refractivity contribution in [2.24, 2.45) is 0 Å². The molecule has 0 fully saturated rings. The van der Waals surface area contributed by atoms with Gasteiger partial charge in [0.05, 0.1) is 17.3 Å². The number of rotatable bonds is 4. The summed E-state index contributed by atoms with van der Waals surface area (Å²) >= 11 is 5.15. The van der Waals surface area contributed by atoms with Gasteiger partial charge < -0.3 is 9.55 Å². The Balaban J connectivity index is 2.35. The maximum absolute atomic E-state index is 13.4. The molecule has 0 bridgehead atoms. The van der Waals surface area contributed by atoms with Crippen LogP contribution in [0.1, 0.15) is 5.56 Å². The molecule has 0 saturated heterocycles. The molecule has 2 aromatic rings. The summed E-state index contributed by atoms with van der Waals surface area (Å²) in [6.45, 7) is 2.29. The first kappa shape index (κ1) is 14.2. The third-order valence-corrected chi connectivity index (χ3v) is 3.81. The fraction of sp³-hybridized carbons (Fsp3) is 0.364. The van der Waals surface area contributed by atoms with Gasteiger partial charge >= 0.3 is 0 Å². The third kappa shape index (κ3) is 3.20. The van der Waals surface area contributed by atoms with Crippen molar-refractivity contribution in [1.29, 1.82) is 0 Å². The molecular formula is C11H14FN3O2S2. The summed E-state index contributed by atoms with van der Waals surface area (Å²) in [6, 6.07) is 3.08. The number of H-pyrrole nitrogens is 1. The summed E-state index contributed by atoms with van der Waals surface area (Å²) in [5, 5.41) is 0. The van der Waals surface area contributed by atoms with Crippen LogP contribution in [0.2, 0.25) is 0 Å². The lowest BCUT2D eigenvalue weighted by atomic mass is 10.2. The summed E-state index contributed by atoms with van der Waals surface area (Å²) in [4.78, 5) is 2.90. The number of aromatic nitrogens is 2. The fourth-order valence-corrected chi connectivity index (χ4v) is 2.61. The van der Waals surface area contributed by atoms with Crippen LogP contribution in [0.5, 0.6) is 0 Å². The largest absolute Gasteiger partial charge is 0.330 e. The molecule has 1 aromatic carbocycles. The van der Waals surface area contributed by atoms with Crippen molar-refractivity contribution >= 4 is 33.3 Å². The Hall–Kier alpha value is -1.25. The summed E-state index contributed by atoms with van der Waals surface area (Å²) in [6.07, 6.45) is 1.10. The molecule has 1 aromatic heterocycles. The first-order valence-electron chi connectivity index (χ1n) is 5.61. The SMILES string of the molecule is Cc1cc2c(cc1F)[nH]c(=S)n2CCNS(C)(=O)=O. The Morgan fingerprint density at radius 2 is 2.16 bits per heavy atom. The van der Waals surface area contributed by atoms with Gasteiger partial charge in [0, 0.05) is 13.1 Å². The van der Waals surface area contributed by atoms with Crippen LogP contribution >= 0.6 is 12.2 Å². The molecule has 0 saturated carbocycles. The van der Waals surface area contributed by atoms with E-state index in [4.69, 9.17) is 12.2 Å². The van der Waals surface area contributed by atoms with E-state index < -0.39 is 10.0 Å². The zero-order chi connectivity index (χ0) is 14.2. The van der Waals surface area contributed by atoms with Crippen LogP contribution in [0, 0.1) is 17.5 Å². The van der Waals surface area contributed by atoms with Crippen LogP contribution in [0.25, 0.3) is 11.0 Å². The van der Waals surface area contributed by atoms with E-state index in [0.717, 1.165) is 11.8 Å². The van der Waals surface area contributed by atoms with Gasteiger partial charge in [0.15, 0.2) is 4.77 Å². The van der Waals surface area contributed by atoms with Crippen molar-refractivity contribution < 1.29 is 12.8 Å². The highest BCUT2D eigenvalue weighted by Crippen LogP contribution is 2.18. The van der Waals surface area contributed by atoms with Crippen molar-refractivity contribution in [3.63, 3.8) is 0 Å². The van der Waals surface area contributed by atoms with Gasteiger partial charge in [0.2, 0.25) is 10.0 Å². The van der Waals surface area contributed by atoms with Crippen molar-refractivity contribution in [1.82, 2.24) is 14.3 Å². The van der Waals surface area contributed by atoms with Gasteiger partial charge in [-0.2, -0.15) is 0 Å². The predicted octanol–water partition coefficient (Wildman–Crippen LogP) is 1.70. The van der Waals surface area contributed by atoms with Crippen LogP contribution in [0.3, 0.4) is 0 Å². The molecule has 2 N–H and O–H groups in total. The number of fused-ring (bicyclic) bond motifs is 1. The second kappa shape index (κ2) is 5.03. The lowest BCUT2D eigenvalue weighted by molar-refractivity contribution is 0.579. The van der Waals surface area contributed by atoms with Crippen LogP contribution in [0.4, 0.5) is 4.39 Å². The summed E-state index contributed by atoms with van der Waals surface area (Å²) in [5.41, 5.74) is 1.89. The number of aryl methyl sites for hydroxylation is 1. The molecular weight excluding hydrogens is 289 g/mol. The highest BCUT2D eigenvalue weighted by Gasteiger charge is 2.08. The molecule has 0 radical (unpaired) electrons. The Bertz CT molecular complexity index is 777. The quantitative estimate of drug-likeness (QED) is 0.845. The molecule has 1 heterocycles. The van der Waals surface area contributed by atoms with E-state index >= 15 is 0 Å². The van der Waals surface area contributed by atoms with Gasteiger partial charge in [-0.1, -0.05) is 0 Å². The number of halogens is 1. The summed E-state index contributed by atoms with van der Waals surface area (Å²) < 4.78 is 40.0. The van der Waals surface area contributed by atoms with Gasteiger partial charge in [-0.15, -0.1) is 0 Å². The Morgan fingerprint density at radius 1 is 1.47 bits per heavy atom. The van der Waals surface area contributed by atoms with Crippen LogP contribution in [-0.2, 0) is 16.6 Å². The highest BCUT2D eigenvalue weighted by molar-refractivity contribution is 7.88. The second-order valence-electron chi connectivity index (χ2n) is 4.37. The Labute approximate surface area is 115 Å². The number of nitrogens with zero attached hydrogens (tertiary/aromatic N) is 1. The summed E-state index contributed by atoms with van der Waals surface area (Å²) in [5.74, 6) is -0.301. The highest BCUT2D eigenvalue weighted by atomic mass is 32.2. The maximum Gasteiger partial charge on any atom is 0.208 e. The first-order valence-corrected chi connectivity index (χ1v) is 7.91. The average molecular weight is 303 g/mol. The monoisotopic (exact) mass is 303 g/mol. The number of hydrogen-bond donors (Lipinski definition) is 2. The maximum atomic E-state index is 13.4. The van der Waals surface area contributed by atoms with Gasteiger partial charge in [-0.05, 0) is 36.8 Å².